The lowest BCUT2D eigenvalue weighted by atomic mass is 9.79. The molecule has 14 nitrogen and oxygen atoms in total. The Morgan fingerprint density at radius 2 is 1.14 bits per heavy atom. The van der Waals surface area contributed by atoms with Crippen molar-refractivity contribution in [2.45, 2.75) is 19.4 Å². The van der Waals surface area contributed by atoms with Gasteiger partial charge < -0.3 is 52.3 Å². The summed E-state index contributed by atoms with van der Waals surface area (Å²) in [4.78, 5) is 42.4. The van der Waals surface area contributed by atoms with E-state index in [1.54, 1.807) is 69.4 Å². The van der Waals surface area contributed by atoms with Crippen molar-refractivity contribution < 1.29 is 56.8 Å². The Morgan fingerprint density at radius 3 is 1.66 bits per heavy atom. The molecule has 4 aromatic rings. The van der Waals surface area contributed by atoms with Gasteiger partial charge in [0.25, 0.3) is 0 Å². The number of methoxy groups -OCH3 is 2. The lowest BCUT2D eigenvalue weighted by Gasteiger charge is -2.40. The summed E-state index contributed by atoms with van der Waals surface area (Å²) in [5.74, 6) is -0.112. The molecule has 0 saturated carbocycles. The van der Waals surface area contributed by atoms with Crippen LogP contribution in [-0.2, 0) is 38.7 Å². The Kier molecular flexibility index (Phi) is 12.1. The van der Waals surface area contributed by atoms with Crippen LogP contribution in [0.4, 0.5) is 11.4 Å². The Morgan fingerprint density at radius 1 is 0.638 bits per heavy atom. The summed E-state index contributed by atoms with van der Waals surface area (Å²) < 4.78 is 62.0. The topological polar surface area (TPSA) is 149 Å². The number of esters is 3. The molecule has 7 rings (SSSR count). The third-order valence-corrected chi connectivity index (χ3v) is 13.0. The van der Waals surface area contributed by atoms with Gasteiger partial charge >= 0.3 is 17.9 Å². The predicted octanol–water partition coefficient (Wildman–Crippen LogP) is 4.65. The number of hydrogen-bond donors (Lipinski definition) is 0. The fourth-order valence-corrected chi connectivity index (χ4v) is 10.3. The largest absolute Gasteiger partial charge is 0.495 e. The second-order valence-corrected chi connectivity index (χ2v) is 16.9. The maximum Gasteiger partial charge on any atom is 0.340 e. The lowest BCUT2D eigenvalue weighted by Crippen LogP contribution is -2.44. The van der Waals surface area contributed by atoms with Crippen molar-refractivity contribution in [3.63, 3.8) is 0 Å². The number of rotatable bonds is 6. The van der Waals surface area contributed by atoms with E-state index in [-0.39, 0.29) is 17.1 Å². The summed E-state index contributed by atoms with van der Waals surface area (Å²) in [7, 11) is -0.277. The minimum absolute atomic E-state index is 0.182. The van der Waals surface area contributed by atoms with Crippen LogP contribution in [0.15, 0.2) is 72.8 Å². The molecule has 0 unspecified atom stereocenters. The molecule has 0 amide bonds. The Labute approximate surface area is 337 Å². The highest BCUT2D eigenvalue weighted by molar-refractivity contribution is 7.78. The third kappa shape index (κ3) is 7.89. The molecule has 15 heteroatoms. The first-order valence-electron chi connectivity index (χ1n) is 19.0. The molecule has 3 aliphatic rings. The summed E-state index contributed by atoms with van der Waals surface area (Å²) >= 11 is 0. The number of carbonyl (C=O) groups excluding carboxylic acids is 3. The van der Waals surface area contributed by atoms with Gasteiger partial charge in [0.15, 0.2) is 5.60 Å². The number of fused-ring (bicyclic) bond motifs is 6. The summed E-state index contributed by atoms with van der Waals surface area (Å²) in [5.41, 5.74) is 1.66. The second kappa shape index (κ2) is 17.2. The van der Waals surface area contributed by atoms with E-state index in [9.17, 15) is 18.9 Å². The Hall–Kier alpha value is -5.40. The van der Waals surface area contributed by atoms with E-state index in [2.05, 4.69) is 9.80 Å². The minimum Gasteiger partial charge on any atom is -0.495 e. The van der Waals surface area contributed by atoms with Gasteiger partial charge in [0.1, 0.15) is 30.1 Å². The van der Waals surface area contributed by atoms with Crippen molar-refractivity contribution in [1.29, 1.82) is 0 Å². The van der Waals surface area contributed by atoms with Crippen LogP contribution in [0, 0.1) is 0 Å². The number of carbonyl (C=O) groups is 3. The average molecular weight is 815 g/mol. The van der Waals surface area contributed by atoms with Gasteiger partial charge in [0.05, 0.1) is 70.8 Å². The van der Waals surface area contributed by atoms with E-state index in [0.29, 0.717) is 105 Å². The molecule has 0 N–H and O–H groups in total. The van der Waals surface area contributed by atoms with Crippen LogP contribution in [0.5, 0.6) is 23.0 Å². The third-order valence-electron chi connectivity index (χ3n) is 10.5. The van der Waals surface area contributed by atoms with E-state index in [1.165, 1.54) is 13.8 Å². The van der Waals surface area contributed by atoms with E-state index >= 15 is 0 Å². The molecule has 0 aromatic heterocycles. The van der Waals surface area contributed by atoms with Crippen molar-refractivity contribution in [3.05, 3.63) is 95.1 Å². The number of hydrogen-bond acceptors (Lipinski definition) is 14. The SMILES string of the molecule is COc1ccccc1N1CCOCCOCCN(c2cc3c(cc2OC)C2(OC3=O)c3ccc(OC(C)=O)cc3P(C)(=O)c3cc(OC(C)=O)ccc32)CCOCC1. The van der Waals surface area contributed by atoms with E-state index in [4.69, 9.17) is 37.9 Å². The minimum atomic E-state index is -3.48. The van der Waals surface area contributed by atoms with Crippen LogP contribution in [0.3, 0.4) is 0 Å². The molecule has 0 aliphatic carbocycles. The first-order chi connectivity index (χ1) is 28.0. The number of benzene rings is 4. The second-order valence-electron chi connectivity index (χ2n) is 14.1. The summed E-state index contributed by atoms with van der Waals surface area (Å²) in [6.07, 6.45) is 0. The zero-order valence-corrected chi connectivity index (χ0v) is 34.1. The summed E-state index contributed by atoms with van der Waals surface area (Å²) in [6.45, 7) is 8.79. The first-order valence-corrected chi connectivity index (χ1v) is 21.2. The first kappa shape index (κ1) is 40.8. The number of anilines is 2. The molecule has 306 valence electrons. The molecule has 3 heterocycles. The fraction of sp³-hybridized carbons (Fsp3) is 0.372. The molecule has 1 spiro atoms. The molecule has 0 bridgehead atoms. The van der Waals surface area contributed by atoms with Crippen molar-refractivity contribution >= 4 is 47.0 Å². The smallest absolute Gasteiger partial charge is 0.340 e. The predicted molar refractivity (Wildman–Crippen MR) is 216 cm³/mol. The molecule has 3 aliphatic heterocycles. The van der Waals surface area contributed by atoms with Gasteiger partial charge in [-0.05, 0) is 67.3 Å². The molecule has 1 fully saturated rings. The number of para-hydroxylation sites is 2. The molecule has 0 atom stereocenters. The highest BCUT2D eigenvalue weighted by Crippen LogP contribution is 2.58. The van der Waals surface area contributed by atoms with Crippen molar-refractivity contribution in [3.8, 4) is 23.0 Å². The number of nitrogens with zero attached hydrogens (tertiary/aromatic N) is 2. The van der Waals surface area contributed by atoms with Gasteiger partial charge in [0.2, 0.25) is 0 Å². The van der Waals surface area contributed by atoms with E-state index in [0.717, 1.165) is 11.4 Å². The Bertz CT molecular complexity index is 2190. The van der Waals surface area contributed by atoms with Crippen LogP contribution >= 0.6 is 7.14 Å². The molecular weight excluding hydrogens is 767 g/mol. The summed E-state index contributed by atoms with van der Waals surface area (Å²) in [6, 6.07) is 21.0. The molecule has 0 radical (unpaired) electrons. The highest BCUT2D eigenvalue weighted by atomic mass is 31.2. The molecule has 1 saturated heterocycles. The maximum absolute atomic E-state index is 14.9. The van der Waals surface area contributed by atoms with E-state index in [1.807, 2.05) is 24.3 Å². The van der Waals surface area contributed by atoms with Gasteiger partial charge in [-0.1, -0.05) is 12.1 Å². The molecular formula is C43H47N2O12P. The lowest BCUT2D eigenvalue weighted by molar-refractivity contribution is -0.132. The molecule has 4 aromatic carbocycles. The van der Waals surface area contributed by atoms with Crippen LogP contribution in [-0.4, -0.2) is 105 Å². The monoisotopic (exact) mass is 814 g/mol. The quantitative estimate of drug-likeness (QED) is 0.151. The normalized spacial score (nSPS) is 21.1. The van der Waals surface area contributed by atoms with Gasteiger partial charge in [-0.25, -0.2) is 4.79 Å². The zero-order valence-electron chi connectivity index (χ0n) is 33.2. The van der Waals surface area contributed by atoms with E-state index < -0.39 is 30.7 Å². The van der Waals surface area contributed by atoms with Crippen LogP contribution < -0.4 is 39.4 Å². The standard InChI is InChI=1S/C43H47N2O12P/c1-28(46)55-30-10-12-33-40(24-30)58(5,49)41-25-31(56-29(2)47)11-13-34(41)43(33)35-27-39(51-4)37(26-32(35)42(48)57-43)45-16-19-52-18-14-44(15-20-53-22-23-54-21-17-45)36-8-6-7-9-38(36)50-3/h6-13,24-27H,14-23H2,1-5H3. The van der Waals surface area contributed by atoms with Gasteiger partial charge in [-0.2, -0.15) is 0 Å². The highest BCUT2D eigenvalue weighted by Gasteiger charge is 2.56. The fourth-order valence-electron chi connectivity index (χ4n) is 7.87. The molecule has 58 heavy (non-hydrogen) atoms. The van der Waals surface area contributed by atoms with Gasteiger partial charge in [-0.3, -0.25) is 9.59 Å². The van der Waals surface area contributed by atoms with Crippen molar-refractivity contribution in [2.75, 3.05) is 96.5 Å². The van der Waals surface area contributed by atoms with Crippen LogP contribution in [0.25, 0.3) is 0 Å². The van der Waals surface area contributed by atoms with Crippen LogP contribution in [0.1, 0.15) is 40.9 Å². The maximum atomic E-state index is 14.9. The van der Waals surface area contributed by atoms with Crippen molar-refractivity contribution in [2.24, 2.45) is 0 Å². The summed E-state index contributed by atoms with van der Waals surface area (Å²) in [5, 5.41) is 0.658. The van der Waals surface area contributed by atoms with Gasteiger partial charge in [-0.15, -0.1) is 0 Å². The Balaban J connectivity index is 1.26. The van der Waals surface area contributed by atoms with Crippen molar-refractivity contribution in [1.82, 2.24) is 0 Å². The number of ether oxygens (including phenoxy) is 8. The zero-order chi connectivity index (χ0) is 41.0. The average Bonchev–Trinajstić information content (AvgIpc) is 3.48. The van der Waals surface area contributed by atoms with Gasteiger partial charge in [0, 0.05) is 67.3 Å². The van der Waals surface area contributed by atoms with Crippen LogP contribution in [0.2, 0.25) is 0 Å².